The molecule has 1 aliphatic rings. The van der Waals surface area contributed by atoms with Crippen LogP contribution in [-0.4, -0.2) is 51.3 Å². The van der Waals surface area contributed by atoms with Gasteiger partial charge >= 0.3 is 6.18 Å². The van der Waals surface area contributed by atoms with E-state index in [2.05, 4.69) is 25.6 Å². The monoisotopic (exact) mass is 570 g/mol. The van der Waals surface area contributed by atoms with Gasteiger partial charge in [0.05, 0.1) is 11.6 Å². The first-order chi connectivity index (χ1) is 19.6. The van der Waals surface area contributed by atoms with Crippen molar-refractivity contribution in [2.75, 3.05) is 25.0 Å². The fraction of sp³-hybridized carbons (Fsp3) is 0.310. The number of rotatable bonds is 8. The maximum atomic E-state index is 13.8. The second kappa shape index (κ2) is 11.7. The number of benzene rings is 2. The van der Waals surface area contributed by atoms with Gasteiger partial charge in [-0.3, -0.25) is 9.69 Å². The van der Waals surface area contributed by atoms with Crippen LogP contribution in [0.2, 0.25) is 0 Å². The molecule has 1 amide bonds. The third-order valence-corrected chi connectivity index (χ3v) is 7.03. The van der Waals surface area contributed by atoms with Crippen molar-refractivity contribution < 1.29 is 26.7 Å². The number of piperidine rings is 1. The van der Waals surface area contributed by atoms with Crippen LogP contribution in [0.25, 0.3) is 10.9 Å². The topological polar surface area (TPSA) is 83.0 Å². The zero-order chi connectivity index (χ0) is 29.0. The molecule has 41 heavy (non-hydrogen) atoms. The SMILES string of the molecule is O=C(NCC(c1cnc(C(F)(F)F)nc1)N1CCC(F)(F)CC1)c1cccc2nc(NCc3ccccc3)ccc12. The van der Waals surface area contributed by atoms with Gasteiger partial charge in [-0.15, -0.1) is 0 Å². The van der Waals surface area contributed by atoms with E-state index < -0.39 is 42.7 Å². The van der Waals surface area contributed by atoms with Gasteiger partial charge in [-0.25, -0.2) is 23.7 Å². The number of nitrogens with one attached hydrogen (secondary N) is 2. The number of amides is 1. The number of hydrogen-bond donors (Lipinski definition) is 2. The number of carbonyl (C=O) groups excluding carboxylic acids is 1. The highest BCUT2D eigenvalue weighted by atomic mass is 19.4. The lowest BCUT2D eigenvalue weighted by Crippen LogP contribution is -2.45. The van der Waals surface area contributed by atoms with Crippen molar-refractivity contribution in [1.82, 2.24) is 25.2 Å². The summed E-state index contributed by atoms with van der Waals surface area (Å²) in [5, 5.41) is 6.70. The molecule has 12 heteroatoms. The van der Waals surface area contributed by atoms with Gasteiger partial charge in [-0.1, -0.05) is 36.4 Å². The molecule has 2 N–H and O–H groups in total. The number of hydrogen-bond acceptors (Lipinski definition) is 6. The highest BCUT2D eigenvalue weighted by Crippen LogP contribution is 2.33. The molecule has 1 saturated heterocycles. The number of fused-ring (bicyclic) bond motifs is 1. The molecule has 4 aromatic rings. The number of carbonyl (C=O) groups is 1. The molecule has 214 valence electrons. The van der Waals surface area contributed by atoms with Crippen LogP contribution < -0.4 is 10.6 Å². The Bertz CT molecular complexity index is 1490. The molecule has 1 unspecified atom stereocenters. The first-order valence-electron chi connectivity index (χ1n) is 13.1. The fourth-order valence-corrected chi connectivity index (χ4v) is 4.80. The molecule has 1 fully saturated rings. The predicted octanol–water partition coefficient (Wildman–Crippen LogP) is 5.86. The van der Waals surface area contributed by atoms with Crippen LogP contribution in [0, 0.1) is 0 Å². The summed E-state index contributed by atoms with van der Waals surface area (Å²) < 4.78 is 66.6. The Labute approximate surface area is 232 Å². The maximum absolute atomic E-state index is 13.8. The Morgan fingerprint density at radius 3 is 2.34 bits per heavy atom. The molecular weight excluding hydrogens is 543 g/mol. The van der Waals surface area contributed by atoms with Crippen molar-refractivity contribution in [2.24, 2.45) is 0 Å². The average Bonchev–Trinajstić information content (AvgIpc) is 2.96. The van der Waals surface area contributed by atoms with E-state index in [1.807, 2.05) is 30.3 Å². The van der Waals surface area contributed by atoms with Crippen molar-refractivity contribution in [1.29, 1.82) is 0 Å². The largest absolute Gasteiger partial charge is 0.451 e. The van der Waals surface area contributed by atoms with Crippen molar-refractivity contribution >= 4 is 22.6 Å². The molecular formula is C29H27F5N6O. The molecule has 1 atom stereocenters. The van der Waals surface area contributed by atoms with Gasteiger partial charge in [-0.2, -0.15) is 13.2 Å². The molecule has 7 nitrogen and oxygen atoms in total. The van der Waals surface area contributed by atoms with Gasteiger partial charge in [0.15, 0.2) is 0 Å². The number of halogens is 5. The summed E-state index contributed by atoms with van der Waals surface area (Å²) >= 11 is 0. The summed E-state index contributed by atoms with van der Waals surface area (Å²) in [5.41, 5.74) is 2.34. The van der Waals surface area contributed by atoms with Gasteiger partial charge in [0, 0.05) is 67.9 Å². The Morgan fingerprint density at radius 2 is 1.66 bits per heavy atom. The first kappa shape index (κ1) is 28.3. The van der Waals surface area contributed by atoms with Gasteiger partial charge in [0.25, 0.3) is 11.8 Å². The minimum atomic E-state index is -4.71. The molecule has 2 aromatic heterocycles. The molecule has 0 aliphatic carbocycles. The molecule has 3 heterocycles. The third-order valence-electron chi connectivity index (χ3n) is 7.03. The number of aromatic nitrogens is 3. The van der Waals surface area contributed by atoms with E-state index in [1.54, 1.807) is 35.2 Å². The normalized spacial score (nSPS) is 16.3. The van der Waals surface area contributed by atoms with Crippen LogP contribution in [0.5, 0.6) is 0 Å². The van der Waals surface area contributed by atoms with Crippen LogP contribution in [-0.2, 0) is 12.7 Å². The van der Waals surface area contributed by atoms with E-state index in [9.17, 15) is 26.7 Å². The minimum Gasteiger partial charge on any atom is -0.366 e. The summed E-state index contributed by atoms with van der Waals surface area (Å²) in [5.74, 6) is -3.90. The summed E-state index contributed by atoms with van der Waals surface area (Å²) in [4.78, 5) is 26.5. The summed E-state index contributed by atoms with van der Waals surface area (Å²) in [7, 11) is 0. The lowest BCUT2D eigenvalue weighted by molar-refractivity contribution is -0.145. The number of anilines is 1. The molecule has 0 spiro atoms. The van der Waals surface area contributed by atoms with E-state index in [-0.39, 0.29) is 25.2 Å². The standard InChI is InChI=1S/C29H27F5N6O/c30-28(31)11-13-40(14-12-28)24(20-16-37-27(38-17-20)29(32,33)34)18-36-26(41)22-7-4-8-23-21(22)9-10-25(39-23)35-15-19-5-2-1-3-6-19/h1-10,16-17,24H,11-15,18H2,(H,35,39)(H,36,41). The molecule has 5 rings (SSSR count). The Hall–Kier alpha value is -4.19. The summed E-state index contributed by atoms with van der Waals surface area (Å²) in [6.07, 6.45) is -3.44. The second-order valence-corrected chi connectivity index (χ2v) is 9.86. The van der Waals surface area contributed by atoms with Crippen molar-refractivity contribution in [3.63, 3.8) is 0 Å². The third kappa shape index (κ3) is 6.94. The van der Waals surface area contributed by atoms with Crippen LogP contribution in [0.4, 0.5) is 27.8 Å². The molecule has 0 radical (unpaired) electrons. The average molecular weight is 571 g/mol. The predicted molar refractivity (Wildman–Crippen MR) is 143 cm³/mol. The Kier molecular flexibility index (Phi) is 8.11. The summed E-state index contributed by atoms with van der Waals surface area (Å²) in [6, 6.07) is 17.8. The zero-order valence-corrected chi connectivity index (χ0v) is 21.8. The van der Waals surface area contributed by atoms with Gasteiger partial charge in [0.1, 0.15) is 5.82 Å². The Balaban J connectivity index is 1.32. The van der Waals surface area contributed by atoms with Crippen LogP contribution >= 0.6 is 0 Å². The van der Waals surface area contributed by atoms with Gasteiger partial charge in [-0.05, 0) is 29.8 Å². The van der Waals surface area contributed by atoms with Crippen molar-refractivity contribution in [3.8, 4) is 0 Å². The molecule has 1 aliphatic heterocycles. The van der Waals surface area contributed by atoms with Gasteiger partial charge < -0.3 is 10.6 Å². The van der Waals surface area contributed by atoms with E-state index >= 15 is 0 Å². The number of alkyl halides is 5. The van der Waals surface area contributed by atoms with E-state index in [1.165, 1.54) is 0 Å². The maximum Gasteiger partial charge on any atom is 0.451 e. The number of nitrogens with zero attached hydrogens (tertiary/aromatic N) is 4. The highest BCUT2D eigenvalue weighted by Gasteiger charge is 2.38. The highest BCUT2D eigenvalue weighted by molar-refractivity contribution is 6.06. The fourth-order valence-electron chi connectivity index (χ4n) is 4.80. The Morgan fingerprint density at radius 1 is 0.951 bits per heavy atom. The van der Waals surface area contributed by atoms with Crippen molar-refractivity contribution in [2.45, 2.75) is 37.5 Å². The molecule has 0 saturated carbocycles. The second-order valence-electron chi connectivity index (χ2n) is 9.86. The van der Waals surface area contributed by atoms with E-state index in [0.29, 0.717) is 28.8 Å². The van der Waals surface area contributed by atoms with E-state index in [4.69, 9.17) is 0 Å². The zero-order valence-electron chi connectivity index (χ0n) is 21.8. The van der Waals surface area contributed by atoms with Crippen LogP contribution in [0.1, 0.15) is 46.2 Å². The van der Waals surface area contributed by atoms with Crippen LogP contribution in [0.15, 0.2) is 73.1 Å². The minimum absolute atomic E-state index is 0.00546. The van der Waals surface area contributed by atoms with Gasteiger partial charge in [0.2, 0.25) is 5.82 Å². The molecule has 0 bridgehead atoms. The smallest absolute Gasteiger partial charge is 0.366 e. The number of likely N-dealkylation sites (tertiary alicyclic amines) is 1. The molecule has 2 aromatic carbocycles. The summed E-state index contributed by atoms with van der Waals surface area (Å²) in [6.45, 7) is 0.549. The van der Waals surface area contributed by atoms with Crippen molar-refractivity contribution in [3.05, 3.63) is 95.6 Å². The quantitative estimate of drug-likeness (QED) is 0.259. The van der Waals surface area contributed by atoms with E-state index in [0.717, 1.165) is 18.0 Å². The number of pyridine rings is 1. The van der Waals surface area contributed by atoms with Crippen LogP contribution in [0.3, 0.4) is 0 Å². The lowest BCUT2D eigenvalue weighted by atomic mass is 10.0. The first-order valence-corrected chi connectivity index (χ1v) is 13.1. The lowest BCUT2D eigenvalue weighted by Gasteiger charge is -2.37.